The van der Waals surface area contributed by atoms with E-state index in [0.29, 0.717) is 13.0 Å². The Morgan fingerprint density at radius 1 is 0.615 bits per heavy atom. The lowest BCUT2D eigenvalue weighted by molar-refractivity contribution is -0.154. The number of carboxylic acid groups (broad SMARTS) is 1. The molecule has 0 aliphatic rings. The predicted octanol–water partition coefficient (Wildman–Crippen LogP) is 10.9. The van der Waals surface area contributed by atoms with Crippen LogP contribution in [0.3, 0.4) is 0 Å². The van der Waals surface area contributed by atoms with E-state index in [1.165, 1.54) is 83.5 Å². The third kappa shape index (κ3) is 36.5. The number of hydrogen-bond acceptors (Lipinski definition) is 8. The lowest BCUT2D eigenvalue weighted by Gasteiger charge is -2.20. The van der Waals surface area contributed by atoms with E-state index in [0.717, 1.165) is 64.2 Å². The number of hydrogen-bond donors (Lipinski definition) is 3. The van der Waals surface area contributed by atoms with Crippen LogP contribution in [0.5, 0.6) is 0 Å². The van der Waals surface area contributed by atoms with Crippen molar-refractivity contribution < 1.29 is 42.7 Å². The lowest BCUT2D eigenvalue weighted by Crippen LogP contribution is -2.34. The standard InChI is InChI=1S/C41H76NO9P/c1-3-5-7-9-11-13-15-17-19-21-23-25-27-29-31-33-40(43)51-38(36-49-52(46,47)50-37-39(42)41(44)45)35-48-34-32-30-28-26-24-22-20-18-16-14-12-10-8-6-4-2/h10,12,16-19,38-39H,3-9,11,13-15,20-37,42H2,1-2H3,(H,44,45)(H,46,47)/b12-10-,18-16-,19-17-. The molecule has 3 atom stereocenters. The Morgan fingerprint density at radius 3 is 1.63 bits per heavy atom. The van der Waals surface area contributed by atoms with Crippen molar-refractivity contribution in [3.05, 3.63) is 36.5 Å². The van der Waals surface area contributed by atoms with E-state index in [9.17, 15) is 19.0 Å². The molecular formula is C41H76NO9P. The van der Waals surface area contributed by atoms with Crippen LogP contribution in [0.2, 0.25) is 0 Å². The van der Waals surface area contributed by atoms with Gasteiger partial charge in [-0.1, -0.05) is 140 Å². The molecule has 0 aliphatic carbocycles. The maximum Gasteiger partial charge on any atom is 0.472 e. The second kappa shape index (κ2) is 37.5. The summed E-state index contributed by atoms with van der Waals surface area (Å²) < 4.78 is 33.3. The summed E-state index contributed by atoms with van der Waals surface area (Å²) >= 11 is 0. The number of esters is 1. The Morgan fingerprint density at radius 2 is 1.08 bits per heavy atom. The highest BCUT2D eigenvalue weighted by Gasteiger charge is 2.27. The normalized spacial score (nSPS) is 14.4. The van der Waals surface area contributed by atoms with Crippen LogP contribution in [0, 0.1) is 0 Å². The number of allylic oxidation sites excluding steroid dienone is 6. The topological polar surface area (TPSA) is 155 Å². The quantitative estimate of drug-likeness (QED) is 0.0239. The first-order chi connectivity index (χ1) is 25.2. The first-order valence-electron chi connectivity index (χ1n) is 20.5. The number of rotatable bonds is 39. The smallest absolute Gasteiger partial charge is 0.472 e. The average Bonchev–Trinajstić information content (AvgIpc) is 3.12. The van der Waals surface area contributed by atoms with E-state index in [2.05, 4.69) is 50.3 Å². The molecular weight excluding hydrogens is 681 g/mol. The van der Waals surface area contributed by atoms with Gasteiger partial charge in [0.05, 0.1) is 19.8 Å². The van der Waals surface area contributed by atoms with Crippen LogP contribution in [0.25, 0.3) is 0 Å². The van der Waals surface area contributed by atoms with Crippen molar-refractivity contribution in [1.29, 1.82) is 0 Å². The molecule has 4 N–H and O–H groups in total. The zero-order valence-electron chi connectivity index (χ0n) is 32.9. The molecule has 52 heavy (non-hydrogen) atoms. The van der Waals surface area contributed by atoms with Gasteiger partial charge in [0.15, 0.2) is 0 Å². The Hall–Kier alpha value is -1.81. The van der Waals surface area contributed by atoms with Gasteiger partial charge in [-0.3, -0.25) is 18.6 Å². The zero-order valence-corrected chi connectivity index (χ0v) is 33.8. The first-order valence-corrected chi connectivity index (χ1v) is 22.0. The van der Waals surface area contributed by atoms with E-state index in [1.807, 2.05) is 0 Å². The largest absolute Gasteiger partial charge is 0.480 e. The third-order valence-corrected chi connectivity index (χ3v) is 9.59. The minimum Gasteiger partial charge on any atom is -0.480 e. The van der Waals surface area contributed by atoms with Crippen LogP contribution < -0.4 is 5.73 Å². The van der Waals surface area contributed by atoms with Gasteiger partial charge in [-0.05, 0) is 64.2 Å². The molecule has 0 heterocycles. The van der Waals surface area contributed by atoms with E-state index in [1.54, 1.807) is 0 Å². The first kappa shape index (κ1) is 50.2. The highest BCUT2D eigenvalue weighted by atomic mass is 31.2. The van der Waals surface area contributed by atoms with Gasteiger partial charge in [0.25, 0.3) is 0 Å². The molecule has 304 valence electrons. The van der Waals surface area contributed by atoms with Crippen molar-refractivity contribution in [1.82, 2.24) is 0 Å². The number of carbonyl (C=O) groups is 2. The summed E-state index contributed by atoms with van der Waals surface area (Å²) in [6, 6.07) is -1.48. The fourth-order valence-electron chi connectivity index (χ4n) is 5.38. The highest BCUT2D eigenvalue weighted by molar-refractivity contribution is 7.47. The predicted molar refractivity (Wildman–Crippen MR) is 212 cm³/mol. The van der Waals surface area contributed by atoms with Crippen LogP contribution in [-0.4, -0.2) is 60.5 Å². The van der Waals surface area contributed by atoms with Crippen molar-refractivity contribution in [3.8, 4) is 0 Å². The molecule has 3 unspecified atom stereocenters. The summed E-state index contributed by atoms with van der Waals surface area (Å²) in [4.78, 5) is 33.5. The maximum atomic E-state index is 12.6. The second-order valence-electron chi connectivity index (χ2n) is 13.8. The molecule has 0 aromatic heterocycles. The Labute approximate surface area is 317 Å². The molecule has 10 nitrogen and oxygen atoms in total. The van der Waals surface area contributed by atoms with Crippen LogP contribution in [0.1, 0.15) is 174 Å². The van der Waals surface area contributed by atoms with E-state index < -0.39 is 45.1 Å². The average molecular weight is 758 g/mol. The number of carboxylic acids is 1. The van der Waals surface area contributed by atoms with Crippen molar-refractivity contribution >= 4 is 19.8 Å². The minimum atomic E-state index is -4.62. The third-order valence-electron chi connectivity index (χ3n) is 8.64. The summed E-state index contributed by atoms with van der Waals surface area (Å²) in [5, 5.41) is 8.88. The van der Waals surface area contributed by atoms with Gasteiger partial charge < -0.3 is 25.2 Å². The van der Waals surface area contributed by atoms with E-state index >= 15 is 0 Å². The molecule has 0 saturated carbocycles. The molecule has 0 amide bonds. The Bertz CT molecular complexity index is 972. The molecule has 0 spiro atoms. The Balaban J connectivity index is 4.30. The van der Waals surface area contributed by atoms with Crippen molar-refractivity contribution in [2.75, 3.05) is 26.4 Å². The number of nitrogens with two attached hydrogens (primary N) is 1. The highest BCUT2D eigenvalue weighted by Crippen LogP contribution is 2.43. The summed E-state index contributed by atoms with van der Waals surface area (Å²) in [5.41, 5.74) is 5.34. The molecule has 0 bridgehead atoms. The van der Waals surface area contributed by atoms with Gasteiger partial charge in [0.1, 0.15) is 12.1 Å². The second-order valence-corrected chi connectivity index (χ2v) is 15.2. The molecule has 0 fully saturated rings. The minimum absolute atomic E-state index is 0.00683. The molecule has 0 aromatic rings. The monoisotopic (exact) mass is 758 g/mol. The van der Waals surface area contributed by atoms with E-state index in [4.69, 9.17) is 29.4 Å². The summed E-state index contributed by atoms with van der Waals surface area (Å²) in [6.07, 6.45) is 40.5. The van der Waals surface area contributed by atoms with Crippen LogP contribution >= 0.6 is 7.82 Å². The number of phosphoric ester groups is 1. The fraction of sp³-hybridized carbons (Fsp3) is 0.805. The summed E-state index contributed by atoms with van der Waals surface area (Å²) in [7, 11) is -4.62. The Kier molecular flexibility index (Phi) is 36.2. The molecule has 11 heteroatoms. The maximum absolute atomic E-state index is 12.6. The van der Waals surface area contributed by atoms with Gasteiger partial charge in [0.2, 0.25) is 0 Å². The molecule has 0 rings (SSSR count). The van der Waals surface area contributed by atoms with Crippen LogP contribution in [-0.2, 0) is 32.7 Å². The van der Waals surface area contributed by atoms with Crippen molar-refractivity contribution in [2.45, 2.75) is 187 Å². The van der Waals surface area contributed by atoms with Crippen LogP contribution in [0.15, 0.2) is 36.5 Å². The number of unbranched alkanes of at least 4 members (excludes halogenated alkanes) is 19. The van der Waals surface area contributed by atoms with Gasteiger partial charge in [0, 0.05) is 13.0 Å². The molecule has 0 saturated heterocycles. The SMILES string of the molecule is CCCC/C=C\C/C=C\CCCCCCCCOCC(COP(=O)(O)OCC(N)C(=O)O)OC(=O)CCCCCCC/C=C\CCCCCCCC. The molecule has 0 aromatic carbocycles. The van der Waals surface area contributed by atoms with Gasteiger partial charge in [-0.15, -0.1) is 0 Å². The number of aliphatic carboxylic acids is 1. The number of ether oxygens (including phenoxy) is 2. The van der Waals surface area contributed by atoms with E-state index in [-0.39, 0.29) is 13.0 Å². The van der Waals surface area contributed by atoms with Crippen molar-refractivity contribution in [3.63, 3.8) is 0 Å². The van der Waals surface area contributed by atoms with Gasteiger partial charge in [-0.2, -0.15) is 0 Å². The van der Waals surface area contributed by atoms with Crippen LogP contribution in [0.4, 0.5) is 0 Å². The van der Waals surface area contributed by atoms with Gasteiger partial charge in [-0.25, -0.2) is 4.57 Å². The van der Waals surface area contributed by atoms with Gasteiger partial charge >= 0.3 is 19.8 Å². The summed E-state index contributed by atoms with van der Waals surface area (Å²) in [6.45, 7) is 3.80. The lowest BCUT2D eigenvalue weighted by atomic mass is 10.1. The zero-order chi connectivity index (χ0) is 38.4. The summed E-state index contributed by atoms with van der Waals surface area (Å²) in [5.74, 6) is -1.79. The number of phosphoric acid groups is 1. The fourth-order valence-corrected chi connectivity index (χ4v) is 6.16. The van der Waals surface area contributed by atoms with Crippen molar-refractivity contribution in [2.24, 2.45) is 5.73 Å². The molecule has 0 aliphatic heterocycles. The number of carbonyl (C=O) groups excluding carboxylic acids is 1. The molecule has 0 radical (unpaired) electrons.